The van der Waals surface area contributed by atoms with Crippen LogP contribution >= 0.6 is 15.9 Å². The van der Waals surface area contributed by atoms with Gasteiger partial charge in [0.2, 0.25) is 5.95 Å². The number of halogens is 1. The third-order valence-electron chi connectivity index (χ3n) is 2.43. The SMILES string of the molecule is CNc1ncc(Br)c(N2CCS(=O)CC2)n1. The van der Waals surface area contributed by atoms with Gasteiger partial charge in [-0.2, -0.15) is 4.98 Å². The smallest absolute Gasteiger partial charge is 0.224 e. The third kappa shape index (κ3) is 2.52. The molecule has 1 aromatic rings. The van der Waals surface area contributed by atoms with Crippen LogP contribution in [0.15, 0.2) is 10.7 Å². The molecule has 0 amide bonds. The van der Waals surface area contributed by atoms with Gasteiger partial charge in [0, 0.05) is 48.6 Å². The molecule has 0 saturated carbocycles. The van der Waals surface area contributed by atoms with Crippen molar-refractivity contribution in [2.24, 2.45) is 0 Å². The Hall–Kier alpha value is -0.690. The van der Waals surface area contributed by atoms with Crippen LogP contribution in [0.5, 0.6) is 0 Å². The van der Waals surface area contributed by atoms with Gasteiger partial charge in [-0.25, -0.2) is 4.98 Å². The minimum Gasteiger partial charge on any atom is -0.357 e. The van der Waals surface area contributed by atoms with Crippen molar-refractivity contribution >= 4 is 38.5 Å². The zero-order valence-corrected chi connectivity index (χ0v) is 11.3. The maximum absolute atomic E-state index is 11.3. The lowest BCUT2D eigenvalue weighted by atomic mass is 10.4. The third-order valence-corrected chi connectivity index (χ3v) is 4.26. The summed E-state index contributed by atoms with van der Waals surface area (Å²) in [6.07, 6.45) is 1.74. The summed E-state index contributed by atoms with van der Waals surface area (Å²) < 4.78 is 12.1. The zero-order valence-electron chi connectivity index (χ0n) is 8.94. The summed E-state index contributed by atoms with van der Waals surface area (Å²) in [6.45, 7) is 1.57. The lowest BCUT2D eigenvalue weighted by Gasteiger charge is -2.28. The second-order valence-electron chi connectivity index (χ2n) is 3.45. The first-order valence-electron chi connectivity index (χ1n) is 5.01. The van der Waals surface area contributed by atoms with E-state index in [1.807, 2.05) is 0 Å². The van der Waals surface area contributed by atoms with Crippen molar-refractivity contribution in [2.45, 2.75) is 0 Å². The predicted molar refractivity (Wildman–Crippen MR) is 69.4 cm³/mol. The van der Waals surface area contributed by atoms with Crippen LogP contribution in [0, 0.1) is 0 Å². The second-order valence-corrected chi connectivity index (χ2v) is 6.00. The average molecular weight is 305 g/mol. The van der Waals surface area contributed by atoms with Crippen LogP contribution in [0.4, 0.5) is 11.8 Å². The van der Waals surface area contributed by atoms with Crippen molar-refractivity contribution in [2.75, 3.05) is 41.9 Å². The molecule has 0 aromatic carbocycles. The van der Waals surface area contributed by atoms with E-state index in [4.69, 9.17) is 0 Å². The highest BCUT2D eigenvalue weighted by Gasteiger charge is 2.19. The molecule has 1 fully saturated rings. The standard InChI is InChI=1S/C9H13BrN4OS/c1-11-9-12-6-7(10)8(13-9)14-2-4-16(15)5-3-14/h6H,2-5H2,1H3,(H,11,12,13). The molecule has 0 radical (unpaired) electrons. The van der Waals surface area contributed by atoms with Gasteiger partial charge in [-0.15, -0.1) is 0 Å². The summed E-state index contributed by atoms with van der Waals surface area (Å²) in [4.78, 5) is 10.6. The molecule has 5 nitrogen and oxygen atoms in total. The van der Waals surface area contributed by atoms with Crippen molar-refractivity contribution in [3.63, 3.8) is 0 Å². The predicted octanol–water partition coefficient (Wildman–Crippen LogP) is 0.849. The number of nitrogens with zero attached hydrogens (tertiary/aromatic N) is 3. The molecule has 0 unspecified atom stereocenters. The van der Waals surface area contributed by atoms with Crippen molar-refractivity contribution in [1.29, 1.82) is 0 Å². The molecule has 1 saturated heterocycles. The minimum absolute atomic E-state index is 0.602. The first-order valence-corrected chi connectivity index (χ1v) is 7.29. The van der Waals surface area contributed by atoms with E-state index in [-0.39, 0.29) is 0 Å². The highest BCUT2D eigenvalue weighted by molar-refractivity contribution is 9.10. The lowest BCUT2D eigenvalue weighted by molar-refractivity contribution is 0.672. The summed E-state index contributed by atoms with van der Waals surface area (Å²) in [5.41, 5.74) is 0. The summed E-state index contributed by atoms with van der Waals surface area (Å²) in [5, 5.41) is 2.91. The van der Waals surface area contributed by atoms with Crippen molar-refractivity contribution in [1.82, 2.24) is 9.97 Å². The van der Waals surface area contributed by atoms with E-state index in [0.29, 0.717) is 17.5 Å². The first-order chi connectivity index (χ1) is 7.70. The molecule has 7 heteroatoms. The molecule has 0 bridgehead atoms. The molecule has 1 aliphatic heterocycles. The maximum Gasteiger partial charge on any atom is 0.224 e. The van der Waals surface area contributed by atoms with Crippen LogP contribution in [0.3, 0.4) is 0 Å². The Balaban J connectivity index is 2.22. The monoisotopic (exact) mass is 304 g/mol. The largest absolute Gasteiger partial charge is 0.357 e. The van der Waals surface area contributed by atoms with E-state index >= 15 is 0 Å². The maximum atomic E-state index is 11.3. The van der Waals surface area contributed by atoms with Crippen LogP contribution < -0.4 is 10.2 Å². The Labute approximate surface area is 105 Å². The Morgan fingerprint density at radius 1 is 1.50 bits per heavy atom. The molecule has 0 atom stereocenters. The van der Waals surface area contributed by atoms with E-state index < -0.39 is 10.8 Å². The fourth-order valence-corrected chi connectivity index (χ4v) is 3.04. The van der Waals surface area contributed by atoms with Crippen LogP contribution in [-0.2, 0) is 10.8 Å². The summed E-state index contributed by atoms with van der Waals surface area (Å²) in [7, 11) is 1.13. The molecular formula is C9H13BrN4OS. The Kier molecular flexibility index (Phi) is 3.75. The minimum atomic E-state index is -0.664. The lowest BCUT2D eigenvalue weighted by Crippen LogP contribution is -2.38. The first kappa shape index (κ1) is 11.8. The summed E-state index contributed by atoms with van der Waals surface area (Å²) >= 11 is 3.44. The van der Waals surface area contributed by atoms with Crippen molar-refractivity contribution in [3.8, 4) is 0 Å². The molecule has 1 N–H and O–H groups in total. The summed E-state index contributed by atoms with van der Waals surface area (Å²) in [5.74, 6) is 2.90. The van der Waals surface area contributed by atoms with Gasteiger partial charge in [0.05, 0.1) is 4.47 Å². The van der Waals surface area contributed by atoms with Crippen LogP contribution in [-0.4, -0.2) is 45.8 Å². The number of rotatable bonds is 2. The van der Waals surface area contributed by atoms with Gasteiger partial charge in [-0.05, 0) is 15.9 Å². The van der Waals surface area contributed by atoms with Crippen molar-refractivity contribution < 1.29 is 4.21 Å². The highest BCUT2D eigenvalue weighted by atomic mass is 79.9. The van der Waals surface area contributed by atoms with E-state index in [1.165, 1.54) is 0 Å². The van der Waals surface area contributed by atoms with Gasteiger partial charge < -0.3 is 10.2 Å². The molecule has 88 valence electrons. The van der Waals surface area contributed by atoms with Gasteiger partial charge in [0.15, 0.2) is 0 Å². The molecule has 16 heavy (non-hydrogen) atoms. The normalized spacial score (nSPS) is 17.5. The van der Waals surface area contributed by atoms with Gasteiger partial charge >= 0.3 is 0 Å². The average Bonchev–Trinajstić information content (AvgIpc) is 2.31. The molecule has 0 spiro atoms. The van der Waals surface area contributed by atoms with Crippen LogP contribution in [0.1, 0.15) is 0 Å². The topological polar surface area (TPSA) is 58.1 Å². The number of aromatic nitrogens is 2. The van der Waals surface area contributed by atoms with E-state index in [2.05, 4.69) is 36.1 Å². The Bertz CT molecular complexity index is 404. The van der Waals surface area contributed by atoms with Gasteiger partial charge in [-0.1, -0.05) is 0 Å². The van der Waals surface area contributed by atoms with E-state index in [1.54, 1.807) is 13.2 Å². The Morgan fingerprint density at radius 2 is 2.19 bits per heavy atom. The van der Waals surface area contributed by atoms with Gasteiger partial charge in [0.25, 0.3) is 0 Å². The van der Waals surface area contributed by atoms with Gasteiger partial charge in [-0.3, -0.25) is 4.21 Å². The molecule has 2 heterocycles. The second kappa shape index (κ2) is 5.09. The van der Waals surface area contributed by atoms with Gasteiger partial charge in [0.1, 0.15) is 5.82 Å². The molecule has 1 aromatic heterocycles. The van der Waals surface area contributed by atoms with Crippen LogP contribution in [0.2, 0.25) is 0 Å². The number of hydrogen-bond donors (Lipinski definition) is 1. The molecular weight excluding hydrogens is 292 g/mol. The number of hydrogen-bond acceptors (Lipinski definition) is 5. The molecule has 1 aliphatic rings. The molecule has 2 rings (SSSR count). The molecule has 0 aliphatic carbocycles. The van der Waals surface area contributed by atoms with E-state index in [0.717, 1.165) is 23.4 Å². The quantitative estimate of drug-likeness (QED) is 0.878. The zero-order chi connectivity index (χ0) is 11.5. The highest BCUT2D eigenvalue weighted by Crippen LogP contribution is 2.25. The fourth-order valence-electron chi connectivity index (χ4n) is 1.55. The van der Waals surface area contributed by atoms with Crippen molar-refractivity contribution in [3.05, 3.63) is 10.7 Å². The fraction of sp³-hybridized carbons (Fsp3) is 0.556. The Morgan fingerprint density at radius 3 is 2.81 bits per heavy atom. The number of nitrogens with one attached hydrogen (secondary N) is 1. The summed E-state index contributed by atoms with van der Waals surface area (Å²) in [6, 6.07) is 0. The van der Waals surface area contributed by atoms with Crippen LogP contribution in [0.25, 0.3) is 0 Å². The van der Waals surface area contributed by atoms with E-state index in [9.17, 15) is 4.21 Å². The number of anilines is 2.